The minimum Gasteiger partial charge on any atom is -0.508 e. The molecule has 0 spiro atoms. The number of halogens is 4. The van der Waals surface area contributed by atoms with E-state index in [0.29, 0.717) is 17.3 Å². The quantitative estimate of drug-likeness (QED) is 0.202. The number of nitriles is 1. The highest BCUT2D eigenvalue weighted by atomic mass is 19.4. The highest BCUT2D eigenvalue weighted by Gasteiger charge is 2.34. The van der Waals surface area contributed by atoms with Gasteiger partial charge in [-0.25, -0.2) is 9.18 Å². The monoisotopic (exact) mass is 529 g/mol. The van der Waals surface area contributed by atoms with E-state index in [0.717, 1.165) is 12.1 Å². The van der Waals surface area contributed by atoms with Gasteiger partial charge in [0.1, 0.15) is 11.6 Å². The first-order valence-electron chi connectivity index (χ1n) is 11.1. The number of urea groups is 1. The Bertz CT molecular complexity index is 1380. The first-order valence-corrected chi connectivity index (χ1v) is 11.1. The van der Waals surface area contributed by atoms with Crippen molar-refractivity contribution in [3.8, 4) is 11.8 Å². The second-order valence-electron chi connectivity index (χ2n) is 8.73. The van der Waals surface area contributed by atoms with Crippen molar-refractivity contribution >= 4 is 29.0 Å². The highest BCUT2D eigenvalue weighted by Crippen LogP contribution is 2.33. The molecule has 3 amide bonds. The summed E-state index contributed by atoms with van der Waals surface area (Å²) >= 11 is 0. The molecule has 0 saturated carbocycles. The molecule has 8 nitrogen and oxygen atoms in total. The fourth-order valence-electron chi connectivity index (χ4n) is 3.29. The third-order valence-corrected chi connectivity index (χ3v) is 5.44. The fourth-order valence-corrected chi connectivity index (χ4v) is 3.29. The molecule has 3 aromatic carbocycles. The maximum Gasteiger partial charge on any atom is 0.417 e. The number of hydrogen-bond donors (Lipinski definition) is 5. The zero-order valence-corrected chi connectivity index (χ0v) is 20.2. The van der Waals surface area contributed by atoms with E-state index in [2.05, 4.69) is 21.3 Å². The van der Waals surface area contributed by atoms with Crippen LogP contribution >= 0.6 is 0 Å². The van der Waals surface area contributed by atoms with Gasteiger partial charge < -0.3 is 21.1 Å². The smallest absolute Gasteiger partial charge is 0.417 e. The second kappa shape index (κ2) is 11.2. The van der Waals surface area contributed by atoms with Crippen molar-refractivity contribution < 1.29 is 32.3 Å². The predicted molar refractivity (Wildman–Crippen MR) is 133 cm³/mol. The maximum absolute atomic E-state index is 13.9. The predicted octanol–water partition coefficient (Wildman–Crippen LogP) is 5.57. The molecule has 0 unspecified atom stereocenters. The van der Waals surface area contributed by atoms with Crippen LogP contribution in [0.4, 0.5) is 39.4 Å². The Morgan fingerprint density at radius 1 is 0.921 bits per heavy atom. The van der Waals surface area contributed by atoms with Gasteiger partial charge in [0.05, 0.1) is 22.7 Å². The van der Waals surface area contributed by atoms with Crippen LogP contribution < -0.4 is 21.3 Å². The van der Waals surface area contributed by atoms with Crippen LogP contribution in [0, 0.1) is 17.1 Å². The van der Waals surface area contributed by atoms with Crippen LogP contribution in [0.1, 0.15) is 30.5 Å². The molecule has 3 aromatic rings. The number of phenols is 1. The molecule has 5 N–H and O–H groups in total. The van der Waals surface area contributed by atoms with Gasteiger partial charge in [0.2, 0.25) is 5.91 Å². The van der Waals surface area contributed by atoms with Gasteiger partial charge in [-0.05, 0) is 74.0 Å². The Kier molecular flexibility index (Phi) is 8.23. The topological polar surface area (TPSA) is 126 Å². The SMILES string of the molecule is CC(C)(NCc1ccc(F)cc1NC(=O)Nc1ccc(O)cc1)C(=O)Nc1ccc(C#N)c(C(F)(F)F)c1. The number of anilines is 3. The molecule has 0 fully saturated rings. The van der Waals surface area contributed by atoms with E-state index in [1.54, 1.807) is 0 Å². The summed E-state index contributed by atoms with van der Waals surface area (Å²) < 4.78 is 53.6. The Labute approximate surface area is 215 Å². The van der Waals surface area contributed by atoms with E-state index < -0.39 is 40.6 Å². The van der Waals surface area contributed by atoms with Crippen molar-refractivity contribution in [2.45, 2.75) is 32.1 Å². The number of carbonyl (C=O) groups excluding carboxylic acids is 2. The standard InChI is InChI=1S/C26H23F4N5O3/c1-25(2,23(37)33-19-6-4-15(13-31)21(12-19)26(28,29)30)32-14-16-3-5-17(27)11-22(16)35-24(38)34-18-7-9-20(36)10-8-18/h3-12,32,36H,14H2,1-2H3,(H,33,37)(H2,34,35,38). The van der Waals surface area contributed by atoms with Gasteiger partial charge in [0.15, 0.2) is 0 Å². The lowest BCUT2D eigenvalue weighted by Gasteiger charge is -2.26. The number of aromatic hydroxyl groups is 1. The number of hydrogen-bond acceptors (Lipinski definition) is 5. The van der Waals surface area contributed by atoms with E-state index in [1.165, 1.54) is 62.4 Å². The van der Waals surface area contributed by atoms with Gasteiger partial charge in [0, 0.05) is 23.6 Å². The van der Waals surface area contributed by atoms with Crippen molar-refractivity contribution in [2.75, 3.05) is 16.0 Å². The highest BCUT2D eigenvalue weighted by molar-refractivity contribution is 6.00. The molecule has 0 heterocycles. The number of amides is 3. The first kappa shape index (κ1) is 27.9. The Morgan fingerprint density at radius 2 is 1.58 bits per heavy atom. The summed E-state index contributed by atoms with van der Waals surface area (Å²) in [7, 11) is 0. The number of phenolic OH excluding ortho intramolecular Hbond substituents is 1. The van der Waals surface area contributed by atoms with Crippen molar-refractivity contribution in [2.24, 2.45) is 0 Å². The zero-order chi connectivity index (χ0) is 28.1. The molecule has 0 bridgehead atoms. The lowest BCUT2D eigenvalue weighted by atomic mass is 10.0. The zero-order valence-electron chi connectivity index (χ0n) is 20.2. The molecule has 198 valence electrons. The van der Waals surface area contributed by atoms with Crippen molar-refractivity contribution in [1.29, 1.82) is 5.26 Å². The van der Waals surface area contributed by atoms with Gasteiger partial charge in [0.25, 0.3) is 0 Å². The lowest BCUT2D eigenvalue weighted by Crippen LogP contribution is -2.49. The van der Waals surface area contributed by atoms with E-state index >= 15 is 0 Å². The van der Waals surface area contributed by atoms with Crippen molar-refractivity contribution in [3.63, 3.8) is 0 Å². The van der Waals surface area contributed by atoms with E-state index in [9.17, 15) is 32.3 Å². The number of benzene rings is 3. The lowest BCUT2D eigenvalue weighted by molar-refractivity contribution is -0.137. The van der Waals surface area contributed by atoms with Crippen LogP contribution in [0.15, 0.2) is 60.7 Å². The molecule has 12 heteroatoms. The summed E-state index contributed by atoms with van der Waals surface area (Å²) in [6, 6.07) is 13.0. The van der Waals surface area contributed by atoms with E-state index in [-0.39, 0.29) is 23.7 Å². The largest absolute Gasteiger partial charge is 0.508 e. The van der Waals surface area contributed by atoms with Gasteiger partial charge in [-0.1, -0.05) is 6.07 Å². The minimum atomic E-state index is -4.78. The maximum atomic E-state index is 13.9. The Hall–Kier alpha value is -4.63. The number of nitrogens with one attached hydrogen (secondary N) is 4. The van der Waals surface area contributed by atoms with Crippen molar-refractivity contribution in [3.05, 3.63) is 83.2 Å². The molecular weight excluding hydrogens is 506 g/mol. The fraction of sp³-hybridized carbons (Fsp3) is 0.192. The van der Waals surface area contributed by atoms with Gasteiger partial charge in [-0.15, -0.1) is 0 Å². The van der Waals surface area contributed by atoms with E-state index in [1.807, 2.05) is 0 Å². The van der Waals surface area contributed by atoms with Crippen LogP contribution in [0.2, 0.25) is 0 Å². The second-order valence-corrected chi connectivity index (χ2v) is 8.73. The summed E-state index contributed by atoms with van der Waals surface area (Å²) in [5.41, 5.74) is -2.28. The molecule has 0 atom stereocenters. The molecule has 0 aliphatic carbocycles. The summed E-state index contributed by atoms with van der Waals surface area (Å²) in [4.78, 5) is 25.2. The summed E-state index contributed by atoms with van der Waals surface area (Å²) in [6.07, 6.45) is -4.78. The van der Waals surface area contributed by atoms with Crippen LogP contribution in [-0.2, 0) is 17.5 Å². The average molecular weight is 529 g/mol. The summed E-state index contributed by atoms with van der Waals surface area (Å²) in [5, 5.41) is 28.7. The van der Waals surface area contributed by atoms with E-state index in [4.69, 9.17) is 5.26 Å². The molecule has 3 rings (SSSR count). The first-order chi connectivity index (χ1) is 17.8. The Balaban J connectivity index is 1.69. The number of alkyl halides is 3. The van der Waals surface area contributed by atoms with Gasteiger partial charge in [-0.2, -0.15) is 18.4 Å². The van der Waals surface area contributed by atoms with Crippen LogP contribution in [-0.4, -0.2) is 22.6 Å². The van der Waals surface area contributed by atoms with Crippen LogP contribution in [0.5, 0.6) is 5.75 Å². The third kappa shape index (κ3) is 7.21. The molecule has 0 aliphatic heterocycles. The van der Waals surface area contributed by atoms with Crippen LogP contribution in [0.3, 0.4) is 0 Å². The average Bonchev–Trinajstić information content (AvgIpc) is 2.84. The van der Waals surface area contributed by atoms with Gasteiger partial charge >= 0.3 is 12.2 Å². The summed E-state index contributed by atoms with van der Waals surface area (Å²) in [6.45, 7) is 2.96. The van der Waals surface area contributed by atoms with Crippen molar-refractivity contribution in [1.82, 2.24) is 5.32 Å². The minimum absolute atomic E-state index is 0.0149. The number of rotatable bonds is 7. The molecule has 0 saturated heterocycles. The molecule has 0 aromatic heterocycles. The van der Waals surface area contributed by atoms with Gasteiger partial charge in [-0.3, -0.25) is 10.1 Å². The number of carbonyl (C=O) groups is 2. The van der Waals surface area contributed by atoms with Crippen LogP contribution in [0.25, 0.3) is 0 Å². The Morgan fingerprint density at radius 3 is 2.21 bits per heavy atom. The summed E-state index contributed by atoms with van der Waals surface area (Å²) in [5.74, 6) is -1.27. The molecule has 38 heavy (non-hydrogen) atoms. The number of nitrogens with zero attached hydrogens (tertiary/aromatic N) is 1. The third-order valence-electron chi connectivity index (χ3n) is 5.44. The normalized spacial score (nSPS) is 11.4. The molecule has 0 aliphatic rings. The molecular formula is C26H23F4N5O3. The molecule has 0 radical (unpaired) electrons.